The van der Waals surface area contributed by atoms with Crippen molar-refractivity contribution in [1.82, 2.24) is 4.90 Å². The molecule has 1 amide bonds. The van der Waals surface area contributed by atoms with Gasteiger partial charge in [-0.25, -0.2) is 0 Å². The summed E-state index contributed by atoms with van der Waals surface area (Å²) >= 11 is 0. The van der Waals surface area contributed by atoms with E-state index in [0.29, 0.717) is 24.2 Å². The summed E-state index contributed by atoms with van der Waals surface area (Å²) in [5, 5.41) is 21.7. The highest BCUT2D eigenvalue weighted by atomic mass is 16.5. The highest BCUT2D eigenvalue weighted by Gasteiger charge is 2.44. The molecule has 0 aliphatic carbocycles. The molecule has 1 unspecified atom stereocenters. The van der Waals surface area contributed by atoms with Crippen LogP contribution in [0.2, 0.25) is 0 Å². The van der Waals surface area contributed by atoms with Gasteiger partial charge in [-0.15, -0.1) is 0 Å². The molecule has 2 heterocycles. The molecule has 8 heteroatoms. The van der Waals surface area contributed by atoms with Gasteiger partial charge >= 0.3 is 0 Å². The lowest BCUT2D eigenvalue weighted by Gasteiger charge is -2.27. The normalized spacial score (nSPS) is 16.2. The molecule has 8 nitrogen and oxygen atoms in total. The zero-order valence-electron chi connectivity index (χ0n) is 17.7. The van der Waals surface area contributed by atoms with Gasteiger partial charge in [-0.2, -0.15) is 0 Å². The first-order chi connectivity index (χ1) is 15.5. The minimum absolute atomic E-state index is 0.0158. The molecule has 1 aliphatic rings. The fraction of sp³-hybridized carbons (Fsp3) is 0.250. The largest absolute Gasteiger partial charge is 0.504 e. The van der Waals surface area contributed by atoms with Crippen molar-refractivity contribution in [2.45, 2.75) is 12.5 Å². The number of methoxy groups -OCH3 is 2. The van der Waals surface area contributed by atoms with Crippen molar-refractivity contribution >= 4 is 22.7 Å². The zero-order chi connectivity index (χ0) is 22.8. The molecule has 166 valence electrons. The number of phenolic OH excluding ortho intramolecular Hbond substituents is 1. The molecular formula is C24H23NO7. The van der Waals surface area contributed by atoms with Gasteiger partial charge in [0, 0.05) is 25.6 Å². The number of amides is 1. The summed E-state index contributed by atoms with van der Waals surface area (Å²) in [6, 6.07) is 12.4. The van der Waals surface area contributed by atoms with E-state index in [1.165, 1.54) is 18.1 Å². The van der Waals surface area contributed by atoms with E-state index in [9.17, 15) is 19.8 Å². The van der Waals surface area contributed by atoms with Crippen molar-refractivity contribution in [1.29, 1.82) is 0 Å². The van der Waals surface area contributed by atoms with Gasteiger partial charge in [-0.05, 0) is 36.2 Å². The monoisotopic (exact) mass is 437 g/mol. The molecule has 1 aromatic heterocycles. The molecule has 1 atom stereocenters. The summed E-state index contributed by atoms with van der Waals surface area (Å²) in [4.78, 5) is 27.7. The van der Waals surface area contributed by atoms with E-state index < -0.39 is 23.5 Å². The molecule has 0 bridgehead atoms. The molecule has 2 aromatic carbocycles. The summed E-state index contributed by atoms with van der Waals surface area (Å²) in [6.45, 7) is 0.642. The minimum Gasteiger partial charge on any atom is -0.504 e. The predicted molar refractivity (Wildman–Crippen MR) is 116 cm³/mol. The lowest BCUT2D eigenvalue weighted by atomic mass is 9.94. The number of para-hydroxylation sites is 1. The smallest absolute Gasteiger partial charge is 0.290 e. The molecule has 0 spiro atoms. The molecule has 2 N–H and O–H groups in total. The Bertz CT molecular complexity index is 1180. The summed E-state index contributed by atoms with van der Waals surface area (Å²) in [5.41, 5.74) is 0.879. The average molecular weight is 437 g/mol. The van der Waals surface area contributed by atoms with Crippen LogP contribution in [-0.2, 0) is 9.53 Å². The van der Waals surface area contributed by atoms with Crippen LogP contribution in [-0.4, -0.2) is 54.2 Å². The number of hydrogen-bond acceptors (Lipinski definition) is 7. The minimum atomic E-state index is -0.906. The van der Waals surface area contributed by atoms with Crippen LogP contribution in [0.1, 0.15) is 28.6 Å². The van der Waals surface area contributed by atoms with Crippen molar-refractivity contribution in [3.8, 4) is 11.5 Å². The molecule has 32 heavy (non-hydrogen) atoms. The van der Waals surface area contributed by atoms with E-state index in [2.05, 4.69) is 0 Å². The van der Waals surface area contributed by atoms with Crippen molar-refractivity contribution in [3.63, 3.8) is 0 Å². The van der Waals surface area contributed by atoms with E-state index in [1.54, 1.807) is 43.5 Å². The van der Waals surface area contributed by atoms with Gasteiger partial charge in [0.2, 0.25) is 5.78 Å². The van der Waals surface area contributed by atoms with Gasteiger partial charge < -0.3 is 29.0 Å². The van der Waals surface area contributed by atoms with Gasteiger partial charge in [0.1, 0.15) is 5.58 Å². The number of phenols is 1. The number of carbonyl (C=O) groups is 2. The van der Waals surface area contributed by atoms with Gasteiger partial charge in [0.25, 0.3) is 5.91 Å². The first-order valence-electron chi connectivity index (χ1n) is 10.1. The average Bonchev–Trinajstić information content (AvgIpc) is 3.33. The van der Waals surface area contributed by atoms with Gasteiger partial charge in [-0.3, -0.25) is 9.59 Å². The second-order valence-electron chi connectivity index (χ2n) is 7.42. The lowest BCUT2D eigenvalue weighted by molar-refractivity contribution is -0.129. The molecule has 0 fully saturated rings. The maximum absolute atomic E-state index is 13.4. The molecule has 0 radical (unpaired) electrons. The van der Waals surface area contributed by atoms with Crippen molar-refractivity contribution in [3.05, 3.63) is 71.2 Å². The molecule has 1 aliphatic heterocycles. The highest BCUT2D eigenvalue weighted by molar-refractivity contribution is 6.16. The summed E-state index contributed by atoms with van der Waals surface area (Å²) in [5.74, 6) is -1.77. The Labute approximate surface area is 184 Å². The zero-order valence-corrected chi connectivity index (χ0v) is 17.7. The second-order valence-corrected chi connectivity index (χ2v) is 7.42. The molecular weight excluding hydrogens is 414 g/mol. The number of carbonyl (C=O) groups excluding carboxylic acids is 2. The van der Waals surface area contributed by atoms with Crippen LogP contribution in [0.15, 0.2) is 64.3 Å². The number of ether oxygens (including phenoxy) is 2. The van der Waals surface area contributed by atoms with Crippen molar-refractivity contribution in [2.75, 3.05) is 27.4 Å². The van der Waals surface area contributed by atoms with Gasteiger partial charge in [0.15, 0.2) is 23.0 Å². The third-order valence-corrected chi connectivity index (χ3v) is 5.46. The highest BCUT2D eigenvalue weighted by Crippen LogP contribution is 2.41. The van der Waals surface area contributed by atoms with E-state index in [1.807, 2.05) is 6.07 Å². The number of benzene rings is 2. The number of aliphatic hydroxyl groups is 1. The number of rotatable bonds is 8. The van der Waals surface area contributed by atoms with Crippen molar-refractivity contribution < 1.29 is 33.7 Å². The number of hydrogen-bond donors (Lipinski definition) is 2. The first kappa shape index (κ1) is 21.5. The Kier molecular flexibility index (Phi) is 5.87. The number of fused-ring (bicyclic) bond motifs is 1. The lowest BCUT2D eigenvalue weighted by Crippen LogP contribution is -2.32. The number of aliphatic hydroxyl groups excluding tert-OH is 1. The molecule has 0 saturated carbocycles. The summed E-state index contributed by atoms with van der Waals surface area (Å²) in [6.07, 6.45) is 0.500. The Morgan fingerprint density at radius 1 is 1.12 bits per heavy atom. The maximum atomic E-state index is 13.4. The number of nitrogens with zero attached hydrogens (tertiary/aromatic N) is 1. The van der Waals surface area contributed by atoms with Crippen LogP contribution >= 0.6 is 0 Å². The van der Waals surface area contributed by atoms with Crippen LogP contribution in [0.5, 0.6) is 11.5 Å². The summed E-state index contributed by atoms with van der Waals surface area (Å²) in [7, 11) is 2.98. The van der Waals surface area contributed by atoms with Crippen LogP contribution in [0.3, 0.4) is 0 Å². The van der Waals surface area contributed by atoms with E-state index in [4.69, 9.17) is 13.9 Å². The van der Waals surface area contributed by atoms with Crippen LogP contribution in [0.25, 0.3) is 11.0 Å². The SMILES string of the molecule is COCCCN1C(=O)C(O)=C(C(=O)c2cc3ccccc3o2)C1c1ccc(OC)c(O)c1. The third kappa shape index (κ3) is 3.69. The van der Waals surface area contributed by atoms with E-state index in [-0.39, 0.29) is 29.4 Å². The van der Waals surface area contributed by atoms with E-state index >= 15 is 0 Å². The van der Waals surface area contributed by atoms with Crippen molar-refractivity contribution in [2.24, 2.45) is 0 Å². The van der Waals surface area contributed by atoms with Crippen LogP contribution in [0, 0.1) is 0 Å². The van der Waals surface area contributed by atoms with Crippen LogP contribution < -0.4 is 4.74 Å². The van der Waals surface area contributed by atoms with Gasteiger partial charge in [-0.1, -0.05) is 24.3 Å². The Morgan fingerprint density at radius 2 is 1.91 bits per heavy atom. The topological polar surface area (TPSA) is 109 Å². The number of ketones is 1. The standard InChI is InChI=1S/C24H23NO7/c1-30-11-5-10-25-21(15-8-9-18(31-2)16(26)12-15)20(23(28)24(25)29)22(27)19-13-14-6-3-4-7-17(14)32-19/h3-4,6-9,12-13,21,26,28H,5,10-11H2,1-2H3. The molecule has 0 saturated heterocycles. The summed E-state index contributed by atoms with van der Waals surface area (Å²) < 4.78 is 15.9. The Balaban J connectivity index is 1.78. The predicted octanol–water partition coefficient (Wildman–Crippen LogP) is 3.76. The Hall–Kier alpha value is -3.78. The quantitative estimate of drug-likeness (QED) is 0.408. The number of furan rings is 1. The molecule has 4 rings (SSSR count). The fourth-order valence-corrected chi connectivity index (χ4v) is 3.95. The van der Waals surface area contributed by atoms with E-state index in [0.717, 1.165) is 5.39 Å². The second kappa shape index (κ2) is 8.76. The molecule has 3 aromatic rings. The maximum Gasteiger partial charge on any atom is 0.290 e. The Morgan fingerprint density at radius 3 is 2.59 bits per heavy atom. The first-order valence-corrected chi connectivity index (χ1v) is 10.1. The fourth-order valence-electron chi connectivity index (χ4n) is 3.95. The van der Waals surface area contributed by atoms with Crippen LogP contribution in [0.4, 0.5) is 0 Å². The number of aromatic hydroxyl groups is 1. The number of Topliss-reactive ketones (excluding diaryl/α,β-unsaturated/α-hetero) is 1. The third-order valence-electron chi connectivity index (χ3n) is 5.46. The van der Waals surface area contributed by atoms with Gasteiger partial charge in [0.05, 0.1) is 18.7 Å².